The highest BCUT2D eigenvalue weighted by molar-refractivity contribution is 7.13. The molecule has 0 bridgehead atoms. The Labute approximate surface area is 109 Å². The van der Waals surface area contributed by atoms with Crippen molar-refractivity contribution in [3.63, 3.8) is 0 Å². The Hall–Kier alpha value is -1.89. The normalized spacial score (nSPS) is 12.2. The van der Waals surface area contributed by atoms with E-state index in [1.165, 1.54) is 17.6 Å². The monoisotopic (exact) mass is 266 g/mol. The summed E-state index contributed by atoms with van der Waals surface area (Å²) in [6, 6.07) is 1.59. The van der Waals surface area contributed by atoms with E-state index in [2.05, 4.69) is 15.5 Å². The molecule has 1 amide bonds. The average molecular weight is 266 g/mol. The highest BCUT2D eigenvalue weighted by atomic mass is 32.1. The van der Waals surface area contributed by atoms with Gasteiger partial charge in [-0.25, -0.2) is 4.98 Å². The minimum atomic E-state index is -0.156. The maximum absolute atomic E-state index is 12.2. The van der Waals surface area contributed by atoms with Crippen LogP contribution in [0.5, 0.6) is 0 Å². The Morgan fingerprint density at radius 2 is 2.39 bits per heavy atom. The van der Waals surface area contributed by atoms with E-state index in [0.29, 0.717) is 5.69 Å². The minimum absolute atomic E-state index is 0.136. The van der Waals surface area contributed by atoms with Gasteiger partial charge < -0.3 is 14.7 Å². The van der Waals surface area contributed by atoms with Crippen molar-refractivity contribution in [3.05, 3.63) is 29.1 Å². The van der Waals surface area contributed by atoms with Crippen LogP contribution in [0.1, 0.15) is 29.1 Å². The van der Waals surface area contributed by atoms with Crippen LogP contribution < -0.4 is 5.32 Å². The zero-order valence-corrected chi connectivity index (χ0v) is 11.2. The van der Waals surface area contributed by atoms with Crippen LogP contribution in [-0.2, 0) is 0 Å². The van der Waals surface area contributed by atoms with E-state index < -0.39 is 0 Å². The Kier molecular flexibility index (Phi) is 3.61. The number of anilines is 1. The number of thiazole rings is 1. The molecule has 2 rings (SSSR count). The number of hydrogen-bond donors (Lipinski definition) is 1. The van der Waals surface area contributed by atoms with Crippen LogP contribution in [0.2, 0.25) is 0 Å². The zero-order valence-electron chi connectivity index (χ0n) is 10.4. The van der Waals surface area contributed by atoms with E-state index in [-0.39, 0.29) is 11.9 Å². The summed E-state index contributed by atoms with van der Waals surface area (Å²) in [5.41, 5.74) is 1.15. The van der Waals surface area contributed by atoms with Crippen molar-refractivity contribution in [2.24, 2.45) is 0 Å². The molecule has 0 saturated heterocycles. The van der Waals surface area contributed by atoms with Gasteiger partial charge >= 0.3 is 0 Å². The summed E-state index contributed by atoms with van der Waals surface area (Å²) in [5, 5.41) is 9.20. The molecular formula is C11H14N4O2S. The summed E-state index contributed by atoms with van der Waals surface area (Å²) in [5.74, 6) is -0.136. The lowest BCUT2D eigenvalue weighted by atomic mass is 10.2. The van der Waals surface area contributed by atoms with E-state index in [9.17, 15) is 4.79 Å². The van der Waals surface area contributed by atoms with Gasteiger partial charge in [0.25, 0.3) is 5.91 Å². The summed E-state index contributed by atoms with van der Waals surface area (Å²) in [4.78, 5) is 18.0. The predicted octanol–water partition coefficient (Wildman–Crippen LogP) is 2.01. The maximum atomic E-state index is 12.2. The van der Waals surface area contributed by atoms with Crippen LogP contribution in [-0.4, -0.2) is 35.0 Å². The Morgan fingerprint density at radius 3 is 2.94 bits per heavy atom. The molecule has 1 N–H and O–H groups in total. The van der Waals surface area contributed by atoms with Gasteiger partial charge in [-0.15, -0.1) is 11.3 Å². The van der Waals surface area contributed by atoms with Gasteiger partial charge in [-0.2, -0.15) is 0 Å². The van der Waals surface area contributed by atoms with E-state index in [0.717, 1.165) is 10.8 Å². The third-order valence-electron chi connectivity index (χ3n) is 2.72. The lowest BCUT2D eigenvalue weighted by Crippen LogP contribution is -2.30. The highest BCUT2D eigenvalue weighted by Crippen LogP contribution is 2.21. The Morgan fingerprint density at radius 1 is 1.61 bits per heavy atom. The second-order valence-electron chi connectivity index (χ2n) is 3.80. The first-order valence-electron chi connectivity index (χ1n) is 5.44. The van der Waals surface area contributed by atoms with Crippen LogP contribution in [0.25, 0.3) is 0 Å². The Balaban J connectivity index is 2.13. The molecule has 0 aliphatic carbocycles. The first-order valence-corrected chi connectivity index (χ1v) is 6.32. The number of rotatable bonds is 4. The first-order chi connectivity index (χ1) is 8.63. The van der Waals surface area contributed by atoms with E-state index in [4.69, 9.17) is 4.52 Å². The Bertz CT molecular complexity index is 523. The standard InChI is InChI=1S/C11H14N4O2S/c1-7(8-4-5-17-14-8)15(3)10(16)9-6-18-11(12-2)13-9/h4-7H,1-3H3,(H,12,13). The van der Waals surface area contributed by atoms with Crippen LogP contribution >= 0.6 is 11.3 Å². The SMILES string of the molecule is CNc1nc(C(=O)N(C)C(C)c2ccon2)cs1. The van der Waals surface area contributed by atoms with Gasteiger partial charge in [-0.3, -0.25) is 4.79 Å². The summed E-state index contributed by atoms with van der Waals surface area (Å²) < 4.78 is 4.78. The lowest BCUT2D eigenvalue weighted by molar-refractivity contribution is 0.0732. The van der Waals surface area contributed by atoms with Crippen LogP contribution in [0, 0.1) is 0 Å². The molecule has 0 aromatic carbocycles. The number of carbonyl (C=O) groups excluding carboxylic acids is 1. The molecular weight excluding hydrogens is 252 g/mol. The number of amides is 1. The van der Waals surface area contributed by atoms with Gasteiger partial charge in [0.05, 0.1) is 6.04 Å². The van der Waals surface area contributed by atoms with Gasteiger partial charge in [0.15, 0.2) is 5.13 Å². The molecule has 0 aliphatic rings. The number of nitrogens with one attached hydrogen (secondary N) is 1. The van der Waals surface area contributed by atoms with Crippen molar-refractivity contribution in [3.8, 4) is 0 Å². The third kappa shape index (κ3) is 2.35. The summed E-state index contributed by atoms with van der Waals surface area (Å²) in [7, 11) is 3.49. The molecule has 1 unspecified atom stereocenters. The maximum Gasteiger partial charge on any atom is 0.273 e. The van der Waals surface area contributed by atoms with Gasteiger partial charge in [0, 0.05) is 25.5 Å². The van der Waals surface area contributed by atoms with Crippen molar-refractivity contribution in [1.29, 1.82) is 0 Å². The fraction of sp³-hybridized carbons (Fsp3) is 0.364. The van der Waals surface area contributed by atoms with Gasteiger partial charge in [0.1, 0.15) is 17.7 Å². The molecule has 0 radical (unpaired) electrons. The summed E-state index contributed by atoms with van der Waals surface area (Å²) >= 11 is 1.40. The van der Waals surface area contributed by atoms with Gasteiger partial charge in [-0.05, 0) is 6.92 Å². The highest BCUT2D eigenvalue weighted by Gasteiger charge is 2.22. The number of aromatic nitrogens is 2. The molecule has 0 saturated carbocycles. The third-order valence-corrected chi connectivity index (χ3v) is 3.58. The number of nitrogens with zero attached hydrogens (tertiary/aromatic N) is 3. The van der Waals surface area contributed by atoms with Crippen molar-refractivity contribution in [2.45, 2.75) is 13.0 Å². The van der Waals surface area contributed by atoms with Crippen LogP contribution in [0.15, 0.2) is 22.2 Å². The van der Waals surface area contributed by atoms with E-state index in [1.807, 2.05) is 6.92 Å². The number of hydrogen-bond acceptors (Lipinski definition) is 6. The summed E-state index contributed by atoms with van der Waals surface area (Å²) in [6.45, 7) is 1.89. The van der Waals surface area contributed by atoms with Crippen LogP contribution in [0.3, 0.4) is 0 Å². The molecule has 0 fully saturated rings. The predicted molar refractivity (Wildman–Crippen MR) is 68.7 cm³/mol. The first kappa shape index (κ1) is 12.6. The summed E-state index contributed by atoms with van der Waals surface area (Å²) in [6.07, 6.45) is 1.49. The lowest BCUT2D eigenvalue weighted by Gasteiger charge is -2.22. The molecule has 0 aliphatic heterocycles. The molecule has 1 atom stereocenters. The minimum Gasteiger partial charge on any atom is -0.365 e. The van der Waals surface area contributed by atoms with Crippen molar-refractivity contribution >= 4 is 22.4 Å². The average Bonchev–Trinajstić information content (AvgIpc) is 3.06. The van der Waals surface area contributed by atoms with E-state index >= 15 is 0 Å². The fourth-order valence-corrected chi connectivity index (χ4v) is 2.12. The molecule has 2 heterocycles. The number of carbonyl (C=O) groups is 1. The molecule has 6 nitrogen and oxygen atoms in total. The second-order valence-corrected chi connectivity index (χ2v) is 4.66. The molecule has 0 spiro atoms. The molecule has 96 valence electrons. The van der Waals surface area contributed by atoms with Gasteiger partial charge in [0.2, 0.25) is 0 Å². The fourth-order valence-electron chi connectivity index (χ4n) is 1.48. The van der Waals surface area contributed by atoms with E-state index in [1.54, 1.807) is 30.4 Å². The smallest absolute Gasteiger partial charge is 0.273 e. The molecule has 7 heteroatoms. The largest absolute Gasteiger partial charge is 0.365 e. The van der Waals surface area contributed by atoms with Gasteiger partial charge in [-0.1, -0.05) is 5.16 Å². The zero-order chi connectivity index (χ0) is 13.1. The molecule has 18 heavy (non-hydrogen) atoms. The van der Waals surface area contributed by atoms with Crippen molar-refractivity contribution in [2.75, 3.05) is 19.4 Å². The molecule has 2 aromatic rings. The quantitative estimate of drug-likeness (QED) is 0.916. The topological polar surface area (TPSA) is 71.3 Å². The molecule has 2 aromatic heterocycles. The van der Waals surface area contributed by atoms with Crippen molar-refractivity contribution < 1.29 is 9.32 Å². The second kappa shape index (κ2) is 5.18. The van der Waals surface area contributed by atoms with Crippen molar-refractivity contribution in [1.82, 2.24) is 15.0 Å². The van der Waals surface area contributed by atoms with Crippen LogP contribution in [0.4, 0.5) is 5.13 Å².